The maximum atomic E-state index is 9.52. The molecular formula is C16H17BrO2. The van der Waals surface area contributed by atoms with E-state index in [9.17, 15) is 5.11 Å². The lowest BCUT2D eigenvalue weighted by atomic mass is 10.1. The van der Waals surface area contributed by atoms with Crippen LogP contribution in [0.15, 0.2) is 46.9 Å². The van der Waals surface area contributed by atoms with Gasteiger partial charge in [-0.1, -0.05) is 25.1 Å². The second kappa shape index (κ2) is 6.22. The first kappa shape index (κ1) is 14.1. The van der Waals surface area contributed by atoms with E-state index in [0.717, 1.165) is 28.0 Å². The fraction of sp³-hybridized carbons (Fsp3) is 0.250. The van der Waals surface area contributed by atoms with Crippen molar-refractivity contribution in [2.24, 2.45) is 0 Å². The quantitative estimate of drug-likeness (QED) is 0.871. The highest BCUT2D eigenvalue weighted by Crippen LogP contribution is 2.32. The molecule has 2 aromatic rings. The lowest BCUT2D eigenvalue weighted by Gasteiger charge is -2.11. The summed E-state index contributed by atoms with van der Waals surface area (Å²) in [5, 5.41) is 9.52. The third-order valence-corrected chi connectivity index (χ3v) is 3.62. The molecule has 0 spiro atoms. The van der Waals surface area contributed by atoms with Gasteiger partial charge in [0.25, 0.3) is 0 Å². The topological polar surface area (TPSA) is 29.5 Å². The standard InChI is InChI=1S/C16H17BrO2/c1-3-12-4-7-14(8-5-12)19-16-9-6-13(11(2)18)10-15(16)17/h4-11,18H,3H2,1-2H3/t11-/m1/s1. The number of aliphatic hydroxyl groups excluding tert-OH is 1. The smallest absolute Gasteiger partial charge is 0.141 e. The van der Waals surface area contributed by atoms with Crippen LogP contribution in [0.5, 0.6) is 11.5 Å². The Bertz CT molecular complexity index is 547. The molecule has 0 aromatic heterocycles. The van der Waals surface area contributed by atoms with Crippen molar-refractivity contribution in [2.75, 3.05) is 0 Å². The maximum Gasteiger partial charge on any atom is 0.141 e. The molecule has 0 aliphatic heterocycles. The lowest BCUT2D eigenvalue weighted by molar-refractivity contribution is 0.199. The molecule has 0 heterocycles. The Morgan fingerprint density at radius 3 is 2.37 bits per heavy atom. The Labute approximate surface area is 122 Å². The van der Waals surface area contributed by atoms with E-state index in [2.05, 4.69) is 35.0 Å². The van der Waals surface area contributed by atoms with Crippen LogP contribution in [0.3, 0.4) is 0 Å². The Morgan fingerprint density at radius 1 is 1.16 bits per heavy atom. The SMILES string of the molecule is CCc1ccc(Oc2ccc([C@@H](C)O)cc2Br)cc1. The molecule has 2 rings (SSSR count). The van der Waals surface area contributed by atoms with Crippen molar-refractivity contribution in [1.82, 2.24) is 0 Å². The van der Waals surface area contributed by atoms with E-state index in [-0.39, 0.29) is 0 Å². The first-order chi connectivity index (χ1) is 9.10. The van der Waals surface area contributed by atoms with Crippen LogP contribution in [0, 0.1) is 0 Å². The average molecular weight is 321 g/mol. The molecule has 0 aliphatic carbocycles. The number of aryl methyl sites for hydroxylation is 1. The van der Waals surface area contributed by atoms with Crippen LogP contribution in [-0.2, 0) is 6.42 Å². The molecule has 2 nitrogen and oxygen atoms in total. The van der Waals surface area contributed by atoms with Crippen molar-refractivity contribution in [3.63, 3.8) is 0 Å². The zero-order valence-electron chi connectivity index (χ0n) is 11.1. The van der Waals surface area contributed by atoms with Gasteiger partial charge in [0, 0.05) is 0 Å². The molecule has 2 aromatic carbocycles. The molecule has 0 fully saturated rings. The summed E-state index contributed by atoms with van der Waals surface area (Å²) in [7, 11) is 0. The molecule has 19 heavy (non-hydrogen) atoms. The third kappa shape index (κ3) is 3.58. The first-order valence-electron chi connectivity index (χ1n) is 6.34. The summed E-state index contributed by atoms with van der Waals surface area (Å²) < 4.78 is 6.65. The van der Waals surface area contributed by atoms with E-state index < -0.39 is 6.10 Å². The molecule has 0 aliphatic rings. The van der Waals surface area contributed by atoms with Gasteiger partial charge in [0.05, 0.1) is 10.6 Å². The number of hydrogen-bond acceptors (Lipinski definition) is 2. The molecular weight excluding hydrogens is 304 g/mol. The monoisotopic (exact) mass is 320 g/mol. The fourth-order valence-corrected chi connectivity index (χ4v) is 2.26. The van der Waals surface area contributed by atoms with Crippen LogP contribution in [0.25, 0.3) is 0 Å². The van der Waals surface area contributed by atoms with Gasteiger partial charge >= 0.3 is 0 Å². The molecule has 100 valence electrons. The van der Waals surface area contributed by atoms with Gasteiger partial charge in [0.2, 0.25) is 0 Å². The van der Waals surface area contributed by atoms with E-state index >= 15 is 0 Å². The van der Waals surface area contributed by atoms with Gasteiger partial charge in [-0.2, -0.15) is 0 Å². The van der Waals surface area contributed by atoms with Crippen LogP contribution < -0.4 is 4.74 Å². The zero-order chi connectivity index (χ0) is 13.8. The van der Waals surface area contributed by atoms with Crippen molar-refractivity contribution in [3.05, 3.63) is 58.1 Å². The minimum atomic E-state index is -0.478. The van der Waals surface area contributed by atoms with E-state index in [1.807, 2.05) is 30.3 Å². The summed E-state index contributed by atoms with van der Waals surface area (Å²) in [5.41, 5.74) is 2.15. The predicted octanol–water partition coefficient (Wildman–Crippen LogP) is 4.86. The van der Waals surface area contributed by atoms with Crippen molar-refractivity contribution in [2.45, 2.75) is 26.4 Å². The number of aliphatic hydroxyl groups is 1. The summed E-state index contributed by atoms with van der Waals surface area (Å²) >= 11 is 3.46. The molecule has 1 atom stereocenters. The van der Waals surface area contributed by atoms with E-state index in [0.29, 0.717) is 0 Å². The largest absolute Gasteiger partial charge is 0.456 e. The van der Waals surface area contributed by atoms with Crippen LogP contribution >= 0.6 is 15.9 Å². The molecule has 0 bridgehead atoms. The number of benzene rings is 2. The third-order valence-electron chi connectivity index (χ3n) is 3.00. The van der Waals surface area contributed by atoms with Crippen LogP contribution in [-0.4, -0.2) is 5.11 Å². The summed E-state index contributed by atoms with van der Waals surface area (Å²) in [6.45, 7) is 3.87. The van der Waals surface area contributed by atoms with Crippen molar-refractivity contribution in [3.8, 4) is 11.5 Å². The van der Waals surface area contributed by atoms with Gasteiger partial charge in [-0.25, -0.2) is 0 Å². The summed E-state index contributed by atoms with van der Waals surface area (Å²) in [6, 6.07) is 13.7. The second-order valence-corrected chi connectivity index (χ2v) is 5.32. The first-order valence-corrected chi connectivity index (χ1v) is 7.13. The molecule has 0 amide bonds. The highest BCUT2D eigenvalue weighted by atomic mass is 79.9. The number of halogens is 1. The lowest BCUT2D eigenvalue weighted by Crippen LogP contribution is -1.92. The van der Waals surface area contributed by atoms with Crippen molar-refractivity contribution in [1.29, 1.82) is 0 Å². The predicted molar refractivity (Wildman–Crippen MR) is 80.7 cm³/mol. The van der Waals surface area contributed by atoms with Crippen LogP contribution in [0.4, 0.5) is 0 Å². The van der Waals surface area contributed by atoms with Crippen LogP contribution in [0.1, 0.15) is 31.1 Å². The molecule has 0 saturated carbocycles. The van der Waals surface area contributed by atoms with Gasteiger partial charge in [0.1, 0.15) is 11.5 Å². The Kier molecular flexibility index (Phi) is 4.61. The average Bonchev–Trinajstić information content (AvgIpc) is 2.41. The van der Waals surface area contributed by atoms with E-state index in [4.69, 9.17) is 4.74 Å². The van der Waals surface area contributed by atoms with E-state index in [1.54, 1.807) is 6.92 Å². The zero-order valence-corrected chi connectivity index (χ0v) is 12.6. The number of ether oxygens (including phenoxy) is 1. The van der Waals surface area contributed by atoms with Gasteiger partial charge in [-0.15, -0.1) is 0 Å². The summed E-state index contributed by atoms with van der Waals surface area (Å²) in [6.07, 6.45) is 0.543. The summed E-state index contributed by atoms with van der Waals surface area (Å²) in [5.74, 6) is 1.55. The minimum Gasteiger partial charge on any atom is -0.456 e. The molecule has 0 saturated heterocycles. The highest BCUT2D eigenvalue weighted by molar-refractivity contribution is 9.10. The maximum absolute atomic E-state index is 9.52. The van der Waals surface area contributed by atoms with Crippen molar-refractivity contribution >= 4 is 15.9 Å². The normalized spacial score (nSPS) is 12.2. The highest BCUT2D eigenvalue weighted by Gasteiger charge is 2.07. The molecule has 0 unspecified atom stereocenters. The van der Waals surface area contributed by atoms with Crippen LogP contribution in [0.2, 0.25) is 0 Å². The fourth-order valence-electron chi connectivity index (χ4n) is 1.78. The molecule has 3 heteroatoms. The van der Waals surface area contributed by atoms with E-state index in [1.165, 1.54) is 5.56 Å². The Balaban J connectivity index is 2.18. The summed E-state index contributed by atoms with van der Waals surface area (Å²) in [4.78, 5) is 0. The van der Waals surface area contributed by atoms with Gasteiger partial charge in [-0.05, 0) is 64.7 Å². The number of rotatable bonds is 4. The number of hydrogen-bond donors (Lipinski definition) is 1. The van der Waals surface area contributed by atoms with Gasteiger partial charge in [-0.3, -0.25) is 0 Å². The van der Waals surface area contributed by atoms with Crippen molar-refractivity contribution < 1.29 is 9.84 Å². The molecule has 1 N–H and O–H groups in total. The van der Waals surface area contributed by atoms with Gasteiger partial charge < -0.3 is 9.84 Å². The second-order valence-electron chi connectivity index (χ2n) is 4.47. The Hall–Kier alpha value is -1.32. The van der Waals surface area contributed by atoms with Gasteiger partial charge in [0.15, 0.2) is 0 Å². The molecule has 0 radical (unpaired) electrons. The Morgan fingerprint density at radius 2 is 1.84 bits per heavy atom. The minimum absolute atomic E-state index is 0.478.